The number of rotatable bonds is 10. The first-order valence-electron chi connectivity index (χ1n) is 10.6. The van der Waals surface area contributed by atoms with Crippen LogP contribution in [0.4, 0.5) is 24.7 Å². The highest BCUT2D eigenvalue weighted by molar-refractivity contribution is 7.09. The Morgan fingerprint density at radius 2 is 1.94 bits per heavy atom. The number of pyridine rings is 1. The molecular weight excluding hydrogens is 503 g/mol. The molecule has 1 saturated carbocycles. The summed E-state index contributed by atoms with van der Waals surface area (Å²) in [5.74, 6) is -3.14. The van der Waals surface area contributed by atoms with Gasteiger partial charge in [-0.05, 0) is 49.1 Å². The van der Waals surface area contributed by atoms with E-state index >= 15 is 0 Å². The number of carboxylic acid groups (broad SMARTS) is 1. The van der Waals surface area contributed by atoms with Crippen LogP contribution in [0.25, 0.3) is 0 Å². The number of carbonyl (C=O) groups excluding carboxylic acids is 1. The lowest BCUT2D eigenvalue weighted by Crippen LogP contribution is -2.29. The van der Waals surface area contributed by atoms with E-state index in [9.17, 15) is 27.9 Å². The third-order valence-corrected chi connectivity index (χ3v) is 5.95. The number of esters is 1. The van der Waals surface area contributed by atoms with Gasteiger partial charge in [0, 0.05) is 11.1 Å². The number of carbonyl (C=O) groups is 2. The predicted octanol–water partition coefficient (Wildman–Crippen LogP) is 4.84. The Kier molecular flexibility index (Phi) is 7.29. The highest BCUT2D eigenvalue weighted by Gasteiger charge is 2.42. The third kappa shape index (κ3) is 6.03. The molecule has 1 N–H and O–H groups in total. The van der Waals surface area contributed by atoms with Crippen LogP contribution < -0.4 is 19.1 Å². The highest BCUT2D eigenvalue weighted by Crippen LogP contribution is 2.39. The van der Waals surface area contributed by atoms with E-state index in [1.165, 1.54) is 29.4 Å². The van der Waals surface area contributed by atoms with Gasteiger partial charge in [-0.15, -0.1) is 11.3 Å². The maximum atomic E-state index is 13.0. The van der Waals surface area contributed by atoms with E-state index in [0.717, 1.165) is 31.0 Å². The van der Waals surface area contributed by atoms with Crippen molar-refractivity contribution in [3.63, 3.8) is 0 Å². The number of anilines is 2. The first kappa shape index (κ1) is 25.2. The zero-order valence-corrected chi connectivity index (χ0v) is 19.6. The molecule has 0 radical (unpaired) electrons. The molecule has 0 saturated heterocycles. The number of methoxy groups -OCH3 is 1. The maximum Gasteiger partial charge on any atom is 0.491 e. The average molecular weight is 523 g/mol. The van der Waals surface area contributed by atoms with Crippen LogP contribution in [0, 0.1) is 5.92 Å². The normalized spacial score (nSPS) is 13.2. The number of ether oxygens (including phenoxy) is 3. The number of hydrogen-bond acceptors (Lipinski definition) is 9. The van der Waals surface area contributed by atoms with E-state index < -0.39 is 23.9 Å². The van der Waals surface area contributed by atoms with Crippen LogP contribution in [0.1, 0.15) is 28.1 Å². The number of thiazole rings is 1. The standard InChI is InChI=1S/C23H20F3N3O6S/c1-33-18-6-7-19(28-20(18)34-11-13-2-3-13)29(10-15-9-27-12-36-15)16-8-14(21(30)31)4-5-17(16)35-22(32)23(24,25)26/h4-9,12-13H,2-3,10-11H2,1H3,(H,30,31). The van der Waals surface area contributed by atoms with Crippen LogP contribution in [0.2, 0.25) is 0 Å². The van der Waals surface area contributed by atoms with E-state index in [1.54, 1.807) is 17.8 Å². The van der Waals surface area contributed by atoms with Crippen molar-refractivity contribution in [1.29, 1.82) is 0 Å². The topological polar surface area (TPSA) is 111 Å². The van der Waals surface area contributed by atoms with Gasteiger partial charge in [0.25, 0.3) is 5.88 Å². The van der Waals surface area contributed by atoms with Crippen molar-refractivity contribution < 1.29 is 42.1 Å². The molecule has 1 fully saturated rings. The van der Waals surface area contributed by atoms with Crippen molar-refractivity contribution in [1.82, 2.24) is 9.97 Å². The number of aromatic nitrogens is 2. The molecule has 0 amide bonds. The fraction of sp³-hybridized carbons (Fsp3) is 0.304. The van der Waals surface area contributed by atoms with Crippen molar-refractivity contribution >= 4 is 34.8 Å². The fourth-order valence-corrected chi connectivity index (χ4v) is 3.76. The smallest absolute Gasteiger partial charge is 0.491 e. The molecule has 0 bridgehead atoms. The Morgan fingerprint density at radius 3 is 2.56 bits per heavy atom. The monoisotopic (exact) mass is 523 g/mol. The van der Waals surface area contributed by atoms with Gasteiger partial charge >= 0.3 is 18.1 Å². The Hall–Kier alpha value is -3.87. The molecule has 1 aliphatic rings. The lowest BCUT2D eigenvalue weighted by Gasteiger charge is -2.26. The second kappa shape index (κ2) is 10.4. The second-order valence-corrected chi connectivity index (χ2v) is 8.83. The quantitative estimate of drug-likeness (QED) is 0.295. The molecule has 3 aromatic rings. The van der Waals surface area contributed by atoms with Crippen LogP contribution in [0.3, 0.4) is 0 Å². The molecule has 1 aromatic carbocycles. The third-order valence-electron chi connectivity index (χ3n) is 5.19. The molecule has 1 aliphatic carbocycles. The summed E-state index contributed by atoms with van der Waals surface area (Å²) in [6, 6.07) is 6.26. The molecule has 13 heteroatoms. The van der Waals surface area contributed by atoms with Gasteiger partial charge in [-0.25, -0.2) is 9.59 Å². The summed E-state index contributed by atoms with van der Waals surface area (Å²) in [5.41, 5.74) is 1.22. The molecule has 190 valence electrons. The van der Waals surface area contributed by atoms with E-state index in [1.807, 2.05) is 0 Å². The van der Waals surface area contributed by atoms with Gasteiger partial charge < -0.3 is 24.2 Å². The number of halogens is 3. The highest BCUT2D eigenvalue weighted by atomic mass is 32.1. The fourth-order valence-electron chi connectivity index (χ4n) is 3.18. The number of aromatic carboxylic acids is 1. The first-order chi connectivity index (χ1) is 17.2. The van der Waals surface area contributed by atoms with Gasteiger partial charge in [0.1, 0.15) is 5.82 Å². The summed E-state index contributed by atoms with van der Waals surface area (Å²) in [7, 11) is 1.45. The molecule has 2 aromatic heterocycles. The Labute approximate surface area is 207 Å². The van der Waals surface area contributed by atoms with Crippen LogP contribution in [0.5, 0.6) is 17.4 Å². The zero-order valence-electron chi connectivity index (χ0n) is 18.8. The van der Waals surface area contributed by atoms with Crippen LogP contribution in [0.15, 0.2) is 42.0 Å². The van der Waals surface area contributed by atoms with Gasteiger partial charge in [0.05, 0.1) is 37.0 Å². The zero-order chi connectivity index (χ0) is 25.9. The average Bonchev–Trinajstić information content (AvgIpc) is 3.53. The molecule has 0 aliphatic heterocycles. The van der Waals surface area contributed by atoms with E-state index in [-0.39, 0.29) is 29.5 Å². The second-order valence-electron chi connectivity index (χ2n) is 7.86. The van der Waals surface area contributed by atoms with Crippen molar-refractivity contribution in [3.8, 4) is 17.4 Å². The van der Waals surface area contributed by atoms with E-state index in [4.69, 9.17) is 9.47 Å². The van der Waals surface area contributed by atoms with Gasteiger partial charge in [-0.1, -0.05) is 0 Å². The Balaban J connectivity index is 1.81. The lowest BCUT2D eigenvalue weighted by molar-refractivity contribution is -0.189. The van der Waals surface area contributed by atoms with Crippen molar-refractivity contribution in [2.45, 2.75) is 25.6 Å². The lowest BCUT2D eigenvalue weighted by atomic mass is 10.1. The molecule has 0 spiro atoms. The molecule has 0 unspecified atom stereocenters. The Bertz CT molecular complexity index is 1250. The van der Waals surface area contributed by atoms with Gasteiger partial charge in [-0.2, -0.15) is 18.2 Å². The van der Waals surface area contributed by atoms with Crippen LogP contribution in [-0.4, -0.2) is 46.9 Å². The summed E-state index contributed by atoms with van der Waals surface area (Å²) >= 11 is 1.27. The van der Waals surface area contributed by atoms with Crippen molar-refractivity contribution in [2.75, 3.05) is 18.6 Å². The predicted molar refractivity (Wildman–Crippen MR) is 122 cm³/mol. The number of benzene rings is 1. The molecule has 2 heterocycles. The molecule has 4 rings (SSSR count). The summed E-state index contributed by atoms with van der Waals surface area (Å²) < 4.78 is 54.7. The molecule has 9 nitrogen and oxygen atoms in total. The summed E-state index contributed by atoms with van der Waals surface area (Å²) in [5, 5.41) is 9.49. The molecular formula is C23H20F3N3O6S. The van der Waals surface area contributed by atoms with Gasteiger partial charge in [0.15, 0.2) is 11.5 Å². The van der Waals surface area contributed by atoms with Gasteiger partial charge in [-0.3, -0.25) is 4.98 Å². The minimum Gasteiger partial charge on any atom is -0.491 e. The molecule has 36 heavy (non-hydrogen) atoms. The van der Waals surface area contributed by atoms with E-state index in [2.05, 4.69) is 14.7 Å². The van der Waals surface area contributed by atoms with Crippen LogP contribution >= 0.6 is 11.3 Å². The van der Waals surface area contributed by atoms with Crippen molar-refractivity contribution in [2.24, 2.45) is 5.92 Å². The molecule has 0 atom stereocenters. The summed E-state index contributed by atoms with van der Waals surface area (Å²) in [4.78, 5) is 33.9. The number of hydrogen-bond donors (Lipinski definition) is 1. The minimum atomic E-state index is -5.26. The van der Waals surface area contributed by atoms with E-state index in [0.29, 0.717) is 23.2 Å². The first-order valence-corrected chi connectivity index (χ1v) is 11.5. The minimum absolute atomic E-state index is 0.0334. The van der Waals surface area contributed by atoms with Gasteiger partial charge in [0.2, 0.25) is 0 Å². The summed E-state index contributed by atoms with van der Waals surface area (Å²) in [6.07, 6.45) is -1.63. The summed E-state index contributed by atoms with van der Waals surface area (Å²) in [6.45, 7) is 0.455. The largest absolute Gasteiger partial charge is 0.491 e. The maximum absolute atomic E-state index is 13.0. The number of nitrogens with zero attached hydrogens (tertiary/aromatic N) is 3. The SMILES string of the molecule is COc1ccc(N(Cc2cncs2)c2cc(C(=O)O)ccc2OC(=O)C(F)(F)F)nc1OCC1CC1. The number of alkyl halides is 3. The van der Waals surface area contributed by atoms with Crippen molar-refractivity contribution in [3.05, 3.63) is 52.5 Å². The van der Waals surface area contributed by atoms with Crippen LogP contribution in [-0.2, 0) is 11.3 Å². The Morgan fingerprint density at radius 1 is 1.19 bits per heavy atom. The number of carboxylic acids is 1.